The summed E-state index contributed by atoms with van der Waals surface area (Å²) in [5, 5.41) is 7.19. The Morgan fingerprint density at radius 3 is 2.33 bits per heavy atom. The van der Waals surface area contributed by atoms with Crippen LogP contribution in [0.5, 0.6) is 0 Å². The predicted molar refractivity (Wildman–Crippen MR) is 115 cm³/mol. The molecule has 0 saturated carbocycles. The molecule has 0 spiro atoms. The average molecular weight is 405 g/mol. The van der Waals surface area contributed by atoms with Crippen LogP contribution >= 0.6 is 0 Å². The molecule has 6 nitrogen and oxygen atoms in total. The standard InChI is InChI=1S/C24H28N4O2/c1-17-3-7-19(8-4-17)15-25-24(29)21-11-13-28(14-12-21)16-22-26-23(27-30-22)20-9-5-18(2)6-10-20/h3-10,21H,11-16H2,1-2H3,(H,25,29). The van der Waals surface area contributed by atoms with Gasteiger partial charge in [-0.1, -0.05) is 64.8 Å². The zero-order valence-electron chi connectivity index (χ0n) is 17.6. The minimum absolute atomic E-state index is 0.0671. The van der Waals surface area contributed by atoms with E-state index in [4.69, 9.17) is 4.52 Å². The molecule has 0 aliphatic carbocycles. The van der Waals surface area contributed by atoms with E-state index in [0.29, 0.717) is 24.8 Å². The fourth-order valence-corrected chi connectivity index (χ4v) is 3.72. The van der Waals surface area contributed by atoms with Gasteiger partial charge >= 0.3 is 0 Å². The van der Waals surface area contributed by atoms with Crippen molar-refractivity contribution in [3.63, 3.8) is 0 Å². The van der Waals surface area contributed by atoms with Crippen LogP contribution in [-0.2, 0) is 17.9 Å². The van der Waals surface area contributed by atoms with Gasteiger partial charge in [0.15, 0.2) is 0 Å². The summed E-state index contributed by atoms with van der Waals surface area (Å²) in [5.41, 5.74) is 4.52. The lowest BCUT2D eigenvalue weighted by atomic mass is 9.96. The van der Waals surface area contributed by atoms with Crippen molar-refractivity contribution in [1.82, 2.24) is 20.4 Å². The van der Waals surface area contributed by atoms with Gasteiger partial charge in [-0.25, -0.2) is 0 Å². The lowest BCUT2D eigenvalue weighted by Crippen LogP contribution is -2.40. The predicted octanol–water partition coefficient (Wildman–Crippen LogP) is 3.88. The van der Waals surface area contributed by atoms with Gasteiger partial charge in [-0.15, -0.1) is 0 Å². The second-order valence-electron chi connectivity index (χ2n) is 8.13. The highest BCUT2D eigenvalue weighted by Crippen LogP contribution is 2.21. The number of carbonyl (C=O) groups is 1. The van der Waals surface area contributed by atoms with Crippen molar-refractivity contribution in [2.75, 3.05) is 13.1 Å². The van der Waals surface area contributed by atoms with Crippen LogP contribution in [0.3, 0.4) is 0 Å². The van der Waals surface area contributed by atoms with E-state index >= 15 is 0 Å². The summed E-state index contributed by atoms with van der Waals surface area (Å²) in [6, 6.07) is 16.4. The summed E-state index contributed by atoms with van der Waals surface area (Å²) >= 11 is 0. The van der Waals surface area contributed by atoms with Gasteiger partial charge in [0.2, 0.25) is 17.6 Å². The van der Waals surface area contributed by atoms with Crippen LogP contribution < -0.4 is 5.32 Å². The van der Waals surface area contributed by atoms with Gasteiger partial charge in [0.05, 0.1) is 6.54 Å². The number of rotatable bonds is 6. The second-order valence-corrected chi connectivity index (χ2v) is 8.13. The van der Waals surface area contributed by atoms with E-state index < -0.39 is 0 Å². The van der Waals surface area contributed by atoms with Crippen molar-refractivity contribution in [3.05, 3.63) is 71.1 Å². The molecule has 1 fully saturated rings. The Balaban J connectivity index is 1.24. The van der Waals surface area contributed by atoms with Gasteiger partial charge in [-0.3, -0.25) is 9.69 Å². The topological polar surface area (TPSA) is 71.3 Å². The van der Waals surface area contributed by atoms with Crippen molar-refractivity contribution in [1.29, 1.82) is 0 Å². The van der Waals surface area contributed by atoms with Crippen LogP contribution in [0.25, 0.3) is 11.4 Å². The molecule has 1 aliphatic heterocycles. The molecule has 0 radical (unpaired) electrons. The van der Waals surface area contributed by atoms with Gasteiger partial charge in [0.1, 0.15) is 0 Å². The van der Waals surface area contributed by atoms with E-state index in [1.54, 1.807) is 0 Å². The first-order valence-corrected chi connectivity index (χ1v) is 10.5. The Kier molecular flexibility index (Phi) is 6.23. The molecule has 1 N–H and O–H groups in total. The number of likely N-dealkylation sites (tertiary alicyclic amines) is 1. The van der Waals surface area contributed by atoms with Crippen molar-refractivity contribution in [2.24, 2.45) is 5.92 Å². The number of hydrogen-bond donors (Lipinski definition) is 1. The molecule has 30 heavy (non-hydrogen) atoms. The molecule has 1 saturated heterocycles. The van der Waals surface area contributed by atoms with Gasteiger partial charge in [0, 0.05) is 18.0 Å². The number of nitrogens with zero attached hydrogens (tertiary/aromatic N) is 3. The third kappa shape index (κ3) is 5.13. The molecule has 0 atom stereocenters. The molecule has 0 bridgehead atoms. The van der Waals surface area contributed by atoms with Crippen LogP contribution in [0.1, 0.15) is 35.4 Å². The van der Waals surface area contributed by atoms with Crippen molar-refractivity contribution in [2.45, 2.75) is 39.8 Å². The molecule has 2 aromatic carbocycles. The summed E-state index contributed by atoms with van der Waals surface area (Å²) in [5.74, 6) is 1.45. The van der Waals surface area contributed by atoms with Gasteiger partial charge in [0.25, 0.3) is 0 Å². The van der Waals surface area contributed by atoms with Gasteiger partial charge in [-0.2, -0.15) is 4.98 Å². The molecule has 1 amide bonds. The number of amides is 1. The molecular formula is C24H28N4O2. The van der Waals surface area contributed by atoms with Crippen LogP contribution in [-0.4, -0.2) is 34.0 Å². The Morgan fingerprint density at radius 1 is 1.03 bits per heavy atom. The first-order valence-electron chi connectivity index (χ1n) is 10.5. The minimum Gasteiger partial charge on any atom is -0.352 e. The maximum atomic E-state index is 12.5. The zero-order valence-corrected chi connectivity index (χ0v) is 17.6. The quantitative estimate of drug-likeness (QED) is 0.675. The molecule has 3 aromatic rings. The van der Waals surface area contributed by atoms with E-state index in [0.717, 1.165) is 37.1 Å². The maximum absolute atomic E-state index is 12.5. The van der Waals surface area contributed by atoms with Gasteiger partial charge < -0.3 is 9.84 Å². The molecular weight excluding hydrogens is 376 g/mol. The minimum atomic E-state index is 0.0671. The molecule has 2 heterocycles. The van der Waals surface area contributed by atoms with E-state index in [2.05, 4.69) is 58.5 Å². The number of nitrogens with one attached hydrogen (secondary N) is 1. The molecule has 6 heteroatoms. The fourth-order valence-electron chi connectivity index (χ4n) is 3.72. The third-order valence-electron chi connectivity index (χ3n) is 5.68. The highest BCUT2D eigenvalue weighted by molar-refractivity contribution is 5.78. The number of carbonyl (C=O) groups excluding carboxylic acids is 1. The SMILES string of the molecule is Cc1ccc(CNC(=O)C2CCN(Cc3nc(-c4ccc(C)cc4)no3)CC2)cc1. The first kappa shape index (κ1) is 20.3. The van der Waals surface area contributed by atoms with Crippen molar-refractivity contribution in [3.8, 4) is 11.4 Å². The van der Waals surface area contributed by atoms with Crippen molar-refractivity contribution < 1.29 is 9.32 Å². The number of aromatic nitrogens is 2. The Morgan fingerprint density at radius 2 is 1.67 bits per heavy atom. The Hall–Kier alpha value is -2.99. The lowest BCUT2D eigenvalue weighted by molar-refractivity contribution is -0.126. The number of hydrogen-bond acceptors (Lipinski definition) is 5. The monoisotopic (exact) mass is 404 g/mol. The van der Waals surface area contributed by atoms with E-state index in [9.17, 15) is 4.79 Å². The normalized spacial score (nSPS) is 15.3. The second kappa shape index (κ2) is 9.22. The summed E-state index contributed by atoms with van der Waals surface area (Å²) in [4.78, 5) is 19.3. The first-order chi connectivity index (χ1) is 14.6. The highest BCUT2D eigenvalue weighted by atomic mass is 16.5. The molecule has 4 rings (SSSR count). The van der Waals surface area contributed by atoms with E-state index in [1.807, 2.05) is 24.3 Å². The lowest BCUT2D eigenvalue weighted by Gasteiger charge is -2.30. The van der Waals surface area contributed by atoms with E-state index in [1.165, 1.54) is 11.1 Å². The van der Waals surface area contributed by atoms with E-state index in [-0.39, 0.29) is 11.8 Å². The number of piperidine rings is 1. The fraction of sp³-hybridized carbons (Fsp3) is 0.375. The Labute approximate surface area is 177 Å². The van der Waals surface area contributed by atoms with Crippen LogP contribution in [0.15, 0.2) is 53.1 Å². The largest absolute Gasteiger partial charge is 0.352 e. The van der Waals surface area contributed by atoms with Crippen LogP contribution in [0.4, 0.5) is 0 Å². The maximum Gasteiger partial charge on any atom is 0.241 e. The summed E-state index contributed by atoms with van der Waals surface area (Å²) in [6.07, 6.45) is 1.69. The van der Waals surface area contributed by atoms with Crippen molar-refractivity contribution >= 4 is 5.91 Å². The molecule has 1 aromatic heterocycles. The highest BCUT2D eigenvalue weighted by Gasteiger charge is 2.25. The average Bonchev–Trinajstić information content (AvgIpc) is 3.22. The smallest absolute Gasteiger partial charge is 0.241 e. The number of aryl methyl sites for hydroxylation is 2. The summed E-state index contributed by atoms with van der Waals surface area (Å²) in [6.45, 7) is 7.03. The zero-order chi connectivity index (χ0) is 20.9. The molecule has 0 unspecified atom stereocenters. The Bertz CT molecular complexity index is 971. The van der Waals surface area contributed by atoms with Crippen LogP contribution in [0, 0.1) is 19.8 Å². The third-order valence-corrected chi connectivity index (χ3v) is 5.68. The molecule has 1 aliphatic rings. The summed E-state index contributed by atoms with van der Waals surface area (Å²) in [7, 11) is 0. The summed E-state index contributed by atoms with van der Waals surface area (Å²) < 4.78 is 5.44. The van der Waals surface area contributed by atoms with Gasteiger partial charge in [-0.05, 0) is 45.3 Å². The van der Waals surface area contributed by atoms with Crippen LogP contribution in [0.2, 0.25) is 0 Å². The number of benzene rings is 2. The molecule has 156 valence electrons.